The highest BCUT2D eigenvalue weighted by Crippen LogP contribution is 2.48. The molecule has 0 N–H and O–H groups in total. The van der Waals surface area contributed by atoms with Gasteiger partial charge in [-0.1, -0.05) is 56.3 Å². The minimum absolute atomic E-state index is 0.0690. The number of aliphatic imine (C=N–C) groups is 1. The second kappa shape index (κ2) is 12.0. The summed E-state index contributed by atoms with van der Waals surface area (Å²) in [5, 5.41) is 0. The van der Waals surface area contributed by atoms with Crippen LogP contribution in [0.5, 0.6) is 0 Å². The highest BCUT2D eigenvalue weighted by Gasteiger charge is 2.56. The van der Waals surface area contributed by atoms with Crippen molar-refractivity contribution in [2.24, 2.45) is 22.7 Å². The van der Waals surface area contributed by atoms with Crippen molar-refractivity contribution in [2.75, 3.05) is 21.2 Å². The Bertz CT molecular complexity index is 1100. The first-order chi connectivity index (χ1) is 18.2. The third kappa shape index (κ3) is 5.66. The molecule has 38 heavy (non-hydrogen) atoms. The molecule has 206 valence electrons. The van der Waals surface area contributed by atoms with E-state index in [1.807, 2.05) is 24.5 Å². The first-order valence-electron chi connectivity index (χ1n) is 14.1. The minimum atomic E-state index is -0.910. The summed E-state index contributed by atoms with van der Waals surface area (Å²) in [5.74, 6) is 0.593. The summed E-state index contributed by atoms with van der Waals surface area (Å²) >= 11 is 0. The second-order valence-corrected chi connectivity index (χ2v) is 11.9. The molecule has 0 spiro atoms. The number of methoxy groups -OCH3 is 1. The first kappa shape index (κ1) is 28.3. The summed E-state index contributed by atoms with van der Waals surface area (Å²) in [6.07, 6.45) is 6.60. The molecule has 1 saturated carbocycles. The van der Waals surface area contributed by atoms with Crippen LogP contribution < -0.4 is 0 Å². The molecule has 0 radical (unpaired) electrons. The lowest BCUT2D eigenvalue weighted by molar-refractivity contribution is -0.150. The number of halogens is 1. The Morgan fingerprint density at radius 1 is 1.05 bits per heavy atom. The first-order valence-corrected chi connectivity index (χ1v) is 14.1. The largest absolute Gasteiger partial charge is 0.467 e. The quantitative estimate of drug-likeness (QED) is 0.346. The number of benzene rings is 2. The molecule has 1 aliphatic heterocycles. The van der Waals surface area contributed by atoms with Crippen LogP contribution in [0.25, 0.3) is 0 Å². The van der Waals surface area contributed by atoms with E-state index in [1.54, 1.807) is 6.07 Å². The molecule has 0 amide bonds. The molecule has 1 heterocycles. The number of carbonyl (C=O) groups is 1. The van der Waals surface area contributed by atoms with E-state index in [2.05, 4.69) is 68.9 Å². The van der Waals surface area contributed by atoms with Gasteiger partial charge in [0.1, 0.15) is 5.82 Å². The SMILES string of the molecule is COC(=O)C1(CC(C)C)N=CN(C(C)c2ccccc2)C1C1CCC(C(c2cccc(F)c2)N(C)C)CC1. The van der Waals surface area contributed by atoms with Gasteiger partial charge in [0, 0.05) is 6.04 Å². The van der Waals surface area contributed by atoms with Gasteiger partial charge in [0.05, 0.1) is 25.5 Å². The van der Waals surface area contributed by atoms with Crippen LogP contribution in [0.2, 0.25) is 0 Å². The molecule has 0 bridgehead atoms. The zero-order valence-electron chi connectivity index (χ0n) is 23.8. The maximum Gasteiger partial charge on any atom is 0.335 e. The van der Waals surface area contributed by atoms with Crippen LogP contribution >= 0.6 is 0 Å². The standard InChI is InChI=1S/C32H44FN3O2/c1-22(2)20-32(31(37)38-6)30(36(21-34-32)23(3)24-11-8-7-9-12-24)26-17-15-25(16-18-26)29(35(4)5)27-13-10-14-28(33)19-27/h7-14,19,21-23,25-26,29-30H,15-18,20H2,1-6H3. The highest BCUT2D eigenvalue weighted by molar-refractivity contribution is 5.86. The van der Waals surface area contributed by atoms with Gasteiger partial charge in [-0.2, -0.15) is 0 Å². The van der Waals surface area contributed by atoms with Crippen molar-refractivity contribution >= 4 is 12.3 Å². The predicted octanol–water partition coefficient (Wildman–Crippen LogP) is 6.67. The van der Waals surface area contributed by atoms with E-state index in [4.69, 9.17) is 9.73 Å². The van der Waals surface area contributed by atoms with Gasteiger partial charge >= 0.3 is 5.97 Å². The molecular weight excluding hydrogens is 477 g/mol. The van der Waals surface area contributed by atoms with E-state index in [0.717, 1.165) is 31.2 Å². The Labute approximate surface area is 228 Å². The van der Waals surface area contributed by atoms with Crippen molar-refractivity contribution in [3.05, 3.63) is 71.5 Å². The molecule has 1 aliphatic carbocycles. The molecule has 2 aromatic rings. The normalized spacial score (nSPS) is 27.1. The van der Waals surface area contributed by atoms with E-state index < -0.39 is 5.54 Å². The maximum atomic E-state index is 14.1. The Kier molecular flexibility index (Phi) is 8.92. The summed E-state index contributed by atoms with van der Waals surface area (Å²) in [7, 11) is 5.65. The van der Waals surface area contributed by atoms with E-state index in [9.17, 15) is 9.18 Å². The van der Waals surface area contributed by atoms with Crippen LogP contribution in [-0.2, 0) is 9.53 Å². The van der Waals surface area contributed by atoms with Crippen LogP contribution in [0.4, 0.5) is 4.39 Å². The zero-order valence-corrected chi connectivity index (χ0v) is 23.8. The molecule has 0 aromatic heterocycles. The summed E-state index contributed by atoms with van der Waals surface area (Å²) in [6, 6.07) is 17.7. The van der Waals surface area contributed by atoms with Gasteiger partial charge in [-0.3, -0.25) is 4.99 Å². The van der Waals surface area contributed by atoms with Gasteiger partial charge in [-0.15, -0.1) is 0 Å². The molecule has 4 atom stereocenters. The molecular formula is C32H44FN3O2. The fraction of sp³-hybridized carbons (Fsp3) is 0.562. The van der Waals surface area contributed by atoms with Gasteiger partial charge in [-0.25, -0.2) is 9.18 Å². The van der Waals surface area contributed by atoms with Crippen LogP contribution in [0, 0.1) is 23.6 Å². The summed E-state index contributed by atoms with van der Waals surface area (Å²) in [6.45, 7) is 6.50. The third-order valence-electron chi connectivity index (χ3n) is 8.68. The van der Waals surface area contributed by atoms with E-state index in [-0.39, 0.29) is 29.9 Å². The van der Waals surface area contributed by atoms with Gasteiger partial charge in [0.25, 0.3) is 0 Å². The maximum absolute atomic E-state index is 14.1. The van der Waals surface area contributed by atoms with Gasteiger partial charge < -0.3 is 14.5 Å². The number of esters is 1. The fourth-order valence-corrected chi connectivity index (χ4v) is 7.13. The van der Waals surface area contributed by atoms with Gasteiger partial charge in [0.15, 0.2) is 5.54 Å². The third-order valence-corrected chi connectivity index (χ3v) is 8.68. The summed E-state index contributed by atoms with van der Waals surface area (Å²) < 4.78 is 19.5. The average molecular weight is 522 g/mol. The molecule has 5 nitrogen and oxygen atoms in total. The number of carbonyl (C=O) groups excluding carboxylic acids is 1. The molecule has 2 aliphatic rings. The van der Waals surface area contributed by atoms with E-state index in [0.29, 0.717) is 24.2 Å². The van der Waals surface area contributed by atoms with Crippen molar-refractivity contribution in [3.63, 3.8) is 0 Å². The molecule has 2 aromatic carbocycles. The average Bonchev–Trinajstić information content (AvgIpc) is 3.28. The number of hydrogen-bond donors (Lipinski definition) is 0. The van der Waals surface area contributed by atoms with Crippen LogP contribution in [0.1, 0.15) is 76.1 Å². The van der Waals surface area contributed by atoms with Crippen molar-refractivity contribution in [1.82, 2.24) is 9.80 Å². The molecule has 4 rings (SSSR count). The topological polar surface area (TPSA) is 45.1 Å². The van der Waals surface area contributed by atoms with E-state index in [1.165, 1.54) is 18.7 Å². The van der Waals surface area contributed by atoms with Crippen LogP contribution in [0.15, 0.2) is 59.6 Å². The van der Waals surface area contributed by atoms with Crippen molar-refractivity contribution in [2.45, 2.75) is 76.5 Å². The van der Waals surface area contributed by atoms with Crippen molar-refractivity contribution in [1.29, 1.82) is 0 Å². The number of nitrogens with zero attached hydrogens (tertiary/aromatic N) is 3. The molecule has 0 saturated heterocycles. The van der Waals surface area contributed by atoms with Crippen LogP contribution in [0.3, 0.4) is 0 Å². The second-order valence-electron chi connectivity index (χ2n) is 11.9. The zero-order chi connectivity index (χ0) is 27.4. The van der Waals surface area contributed by atoms with Crippen molar-refractivity contribution < 1.29 is 13.9 Å². The van der Waals surface area contributed by atoms with Crippen LogP contribution in [-0.4, -0.2) is 54.9 Å². The molecule has 6 heteroatoms. The number of rotatable bonds is 9. The number of hydrogen-bond acceptors (Lipinski definition) is 5. The van der Waals surface area contributed by atoms with E-state index >= 15 is 0 Å². The Balaban J connectivity index is 1.63. The smallest absolute Gasteiger partial charge is 0.335 e. The van der Waals surface area contributed by atoms with Gasteiger partial charge in [0.2, 0.25) is 0 Å². The molecule has 4 unspecified atom stereocenters. The Hall–Kier alpha value is -2.73. The van der Waals surface area contributed by atoms with Gasteiger partial charge in [-0.05, 0) is 94.1 Å². The summed E-state index contributed by atoms with van der Waals surface area (Å²) in [5.41, 5.74) is 1.33. The summed E-state index contributed by atoms with van der Waals surface area (Å²) in [4.78, 5) is 23.0. The van der Waals surface area contributed by atoms with Crippen molar-refractivity contribution in [3.8, 4) is 0 Å². The Morgan fingerprint density at radius 3 is 2.29 bits per heavy atom. The lowest BCUT2D eigenvalue weighted by Gasteiger charge is -2.46. The Morgan fingerprint density at radius 2 is 1.71 bits per heavy atom. The number of ether oxygens (including phenoxy) is 1. The predicted molar refractivity (Wildman–Crippen MR) is 151 cm³/mol. The highest BCUT2D eigenvalue weighted by atomic mass is 19.1. The fourth-order valence-electron chi connectivity index (χ4n) is 7.13. The lowest BCUT2D eigenvalue weighted by atomic mass is 9.68. The molecule has 1 fully saturated rings. The minimum Gasteiger partial charge on any atom is -0.467 e. The monoisotopic (exact) mass is 521 g/mol. The lowest BCUT2D eigenvalue weighted by Crippen LogP contribution is -2.57.